The number of piperidine rings is 1. The average Bonchev–Trinajstić information content (AvgIpc) is 2.13. The number of nitrogens with one attached hydrogen (secondary N) is 2. The number of nitrogens with two attached hydrogens (primary N) is 1. The quantitative estimate of drug-likeness (QED) is 0.690. The van der Waals surface area contributed by atoms with Crippen LogP contribution in [0.3, 0.4) is 0 Å². The number of nitrogens with zero attached hydrogens (tertiary/aromatic N) is 1. The second kappa shape index (κ2) is 7.67. The predicted octanol–water partition coefficient (Wildman–Crippen LogP) is 0.456. The first-order valence-corrected chi connectivity index (χ1v) is 6.36. The SMILES string of the molecule is CC(C)(C)NC(=O)NC(=O)CN1CCC[C@@H](N)C1.Cl. The summed E-state index contributed by atoms with van der Waals surface area (Å²) in [6.45, 7) is 7.39. The Balaban J connectivity index is 0.00000324. The van der Waals surface area contributed by atoms with Gasteiger partial charge in [-0.25, -0.2) is 4.79 Å². The van der Waals surface area contributed by atoms with Crippen molar-refractivity contribution in [1.82, 2.24) is 15.5 Å². The zero-order chi connectivity index (χ0) is 13.8. The van der Waals surface area contributed by atoms with Gasteiger partial charge in [0.05, 0.1) is 6.54 Å². The van der Waals surface area contributed by atoms with Gasteiger partial charge < -0.3 is 11.1 Å². The smallest absolute Gasteiger partial charge is 0.321 e. The van der Waals surface area contributed by atoms with Crippen LogP contribution in [-0.2, 0) is 4.79 Å². The highest BCUT2D eigenvalue weighted by Crippen LogP contribution is 2.07. The van der Waals surface area contributed by atoms with Crippen LogP contribution in [0.15, 0.2) is 0 Å². The molecule has 19 heavy (non-hydrogen) atoms. The topological polar surface area (TPSA) is 87.5 Å². The first-order valence-electron chi connectivity index (χ1n) is 6.36. The molecule has 1 fully saturated rings. The van der Waals surface area contributed by atoms with Crippen molar-refractivity contribution >= 4 is 24.3 Å². The summed E-state index contributed by atoms with van der Waals surface area (Å²) in [5, 5.41) is 5.01. The zero-order valence-corrected chi connectivity index (χ0v) is 12.7. The number of likely N-dealkylation sites (tertiary alicyclic amines) is 1. The highest BCUT2D eigenvalue weighted by molar-refractivity contribution is 5.95. The van der Waals surface area contributed by atoms with Crippen LogP contribution in [0, 0.1) is 0 Å². The molecule has 0 spiro atoms. The Bertz CT molecular complexity index is 317. The Labute approximate surface area is 120 Å². The van der Waals surface area contributed by atoms with Gasteiger partial charge in [-0.05, 0) is 40.2 Å². The minimum Gasteiger partial charge on any atom is -0.333 e. The largest absolute Gasteiger partial charge is 0.333 e. The van der Waals surface area contributed by atoms with Crippen LogP contribution < -0.4 is 16.4 Å². The minimum atomic E-state index is -0.450. The van der Waals surface area contributed by atoms with Gasteiger partial charge in [0.2, 0.25) is 5.91 Å². The lowest BCUT2D eigenvalue weighted by atomic mass is 10.1. The number of urea groups is 1. The van der Waals surface area contributed by atoms with Gasteiger partial charge >= 0.3 is 6.03 Å². The van der Waals surface area contributed by atoms with Crippen LogP contribution in [0.25, 0.3) is 0 Å². The zero-order valence-electron chi connectivity index (χ0n) is 11.9. The van der Waals surface area contributed by atoms with E-state index in [1.54, 1.807) is 0 Å². The molecular formula is C12H25ClN4O2. The molecule has 1 aliphatic rings. The van der Waals surface area contributed by atoms with Crippen molar-refractivity contribution in [3.05, 3.63) is 0 Å². The van der Waals surface area contributed by atoms with Gasteiger partial charge in [-0.3, -0.25) is 15.0 Å². The van der Waals surface area contributed by atoms with Gasteiger partial charge in [0.15, 0.2) is 0 Å². The second-order valence-corrected chi connectivity index (χ2v) is 5.89. The number of imide groups is 1. The maximum absolute atomic E-state index is 11.7. The molecule has 0 aromatic heterocycles. The maximum Gasteiger partial charge on any atom is 0.321 e. The van der Waals surface area contributed by atoms with E-state index in [4.69, 9.17) is 5.73 Å². The summed E-state index contributed by atoms with van der Waals surface area (Å²) in [7, 11) is 0. The second-order valence-electron chi connectivity index (χ2n) is 5.89. The number of carbonyl (C=O) groups is 2. The summed E-state index contributed by atoms with van der Waals surface area (Å²) in [6.07, 6.45) is 2.01. The Morgan fingerprint density at radius 3 is 2.53 bits per heavy atom. The molecule has 1 rings (SSSR count). The van der Waals surface area contributed by atoms with E-state index in [-0.39, 0.29) is 36.4 Å². The van der Waals surface area contributed by atoms with Gasteiger partial charge in [0.1, 0.15) is 0 Å². The van der Waals surface area contributed by atoms with Crippen molar-refractivity contribution in [3.8, 4) is 0 Å². The summed E-state index contributed by atoms with van der Waals surface area (Å²) in [5.74, 6) is -0.286. The normalized spacial score (nSPS) is 20.3. The Hall–Kier alpha value is -0.850. The van der Waals surface area contributed by atoms with Crippen molar-refractivity contribution in [2.75, 3.05) is 19.6 Å². The van der Waals surface area contributed by atoms with Gasteiger partial charge in [-0.15, -0.1) is 12.4 Å². The van der Waals surface area contributed by atoms with E-state index >= 15 is 0 Å². The minimum absolute atomic E-state index is 0. The maximum atomic E-state index is 11.7. The molecule has 3 amide bonds. The fourth-order valence-corrected chi connectivity index (χ4v) is 1.98. The molecule has 6 nitrogen and oxygen atoms in total. The van der Waals surface area contributed by atoms with E-state index in [1.165, 1.54) is 0 Å². The molecule has 0 aromatic carbocycles. The number of hydrogen-bond donors (Lipinski definition) is 3. The van der Waals surface area contributed by atoms with Gasteiger partial charge in [0, 0.05) is 18.1 Å². The molecule has 0 radical (unpaired) electrons. The van der Waals surface area contributed by atoms with Gasteiger partial charge in [0.25, 0.3) is 0 Å². The highest BCUT2D eigenvalue weighted by atomic mass is 35.5. The van der Waals surface area contributed by atoms with E-state index < -0.39 is 6.03 Å². The fraction of sp³-hybridized carbons (Fsp3) is 0.833. The first-order chi connectivity index (χ1) is 8.26. The molecule has 112 valence electrons. The van der Waals surface area contributed by atoms with Crippen LogP contribution in [0.2, 0.25) is 0 Å². The summed E-state index contributed by atoms with van der Waals surface area (Å²) in [5.41, 5.74) is 5.48. The summed E-state index contributed by atoms with van der Waals surface area (Å²) < 4.78 is 0. The molecule has 0 saturated carbocycles. The third-order valence-electron chi connectivity index (χ3n) is 2.65. The van der Waals surface area contributed by atoms with E-state index in [9.17, 15) is 9.59 Å². The van der Waals surface area contributed by atoms with E-state index in [0.717, 1.165) is 19.4 Å². The van der Waals surface area contributed by atoms with E-state index in [1.807, 2.05) is 25.7 Å². The van der Waals surface area contributed by atoms with Crippen molar-refractivity contribution < 1.29 is 9.59 Å². The molecule has 0 aliphatic carbocycles. The number of halogens is 1. The molecule has 7 heteroatoms. The highest BCUT2D eigenvalue weighted by Gasteiger charge is 2.20. The van der Waals surface area contributed by atoms with Gasteiger partial charge in [-0.2, -0.15) is 0 Å². The van der Waals surface area contributed by atoms with Crippen LogP contribution in [0.5, 0.6) is 0 Å². The molecule has 0 bridgehead atoms. The number of hydrogen-bond acceptors (Lipinski definition) is 4. The fourth-order valence-electron chi connectivity index (χ4n) is 1.98. The van der Waals surface area contributed by atoms with Crippen LogP contribution in [0.4, 0.5) is 4.79 Å². The standard InChI is InChI=1S/C12H24N4O2.ClH/c1-12(2,3)15-11(18)14-10(17)8-16-6-4-5-9(13)7-16;/h9H,4-8,13H2,1-3H3,(H2,14,15,17,18);1H/t9-;/m1./s1. The number of amides is 3. The molecule has 1 atom stereocenters. The third-order valence-corrected chi connectivity index (χ3v) is 2.65. The molecule has 0 aromatic rings. The van der Waals surface area contributed by atoms with Crippen LogP contribution >= 0.6 is 12.4 Å². The summed E-state index contributed by atoms with van der Waals surface area (Å²) >= 11 is 0. The van der Waals surface area contributed by atoms with Crippen molar-refractivity contribution in [1.29, 1.82) is 0 Å². The van der Waals surface area contributed by atoms with Crippen molar-refractivity contribution in [2.24, 2.45) is 5.73 Å². The molecule has 1 heterocycles. The molecule has 1 aliphatic heterocycles. The Morgan fingerprint density at radius 1 is 1.37 bits per heavy atom. The van der Waals surface area contributed by atoms with Gasteiger partial charge in [-0.1, -0.05) is 0 Å². The molecule has 1 saturated heterocycles. The monoisotopic (exact) mass is 292 g/mol. The lowest BCUT2D eigenvalue weighted by molar-refractivity contribution is -0.121. The summed E-state index contributed by atoms with van der Waals surface area (Å²) in [6, 6.07) is -0.316. The molecular weight excluding hydrogens is 268 g/mol. The van der Waals surface area contributed by atoms with Crippen molar-refractivity contribution in [3.63, 3.8) is 0 Å². The first kappa shape index (κ1) is 18.1. The van der Waals surface area contributed by atoms with Crippen LogP contribution in [-0.4, -0.2) is 48.1 Å². The van der Waals surface area contributed by atoms with E-state index in [2.05, 4.69) is 10.6 Å². The average molecular weight is 293 g/mol. The lowest BCUT2D eigenvalue weighted by Gasteiger charge is -2.30. The van der Waals surface area contributed by atoms with E-state index in [0.29, 0.717) is 6.54 Å². The summed E-state index contributed by atoms with van der Waals surface area (Å²) in [4.78, 5) is 25.1. The third kappa shape index (κ3) is 8.02. The number of rotatable bonds is 2. The Morgan fingerprint density at radius 2 is 2.00 bits per heavy atom. The Kier molecular flexibility index (Phi) is 7.33. The number of carbonyl (C=O) groups excluding carboxylic acids is 2. The lowest BCUT2D eigenvalue weighted by Crippen LogP contribution is -2.52. The predicted molar refractivity (Wildman–Crippen MR) is 77.3 cm³/mol. The van der Waals surface area contributed by atoms with Crippen LogP contribution in [0.1, 0.15) is 33.6 Å². The molecule has 4 N–H and O–H groups in total. The van der Waals surface area contributed by atoms with Crippen molar-refractivity contribution in [2.45, 2.75) is 45.2 Å². The molecule has 0 unspecified atom stereocenters.